The first-order chi connectivity index (χ1) is 7.36. The summed E-state index contributed by atoms with van der Waals surface area (Å²) in [6.07, 6.45) is 2.75. The molecule has 3 heteroatoms. The van der Waals surface area contributed by atoms with Gasteiger partial charge in [0.05, 0.1) is 13.2 Å². The molecule has 0 spiro atoms. The molecule has 3 nitrogen and oxygen atoms in total. The van der Waals surface area contributed by atoms with Crippen molar-refractivity contribution in [2.24, 2.45) is 0 Å². The molecule has 90 valence electrons. The SMILES string of the molecule is CCN(CC)CCOCCN1CCCC1. The van der Waals surface area contributed by atoms with Crippen molar-refractivity contribution in [3.05, 3.63) is 0 Å². The van der Waals surface area contributed by atoms with E-state index in [1.165, 1.54) is 25.9 Å². The fraction of sp³-hybridized carbons (Fsp3) is 1.00. The van der Waals surface area contributed by atoms with Gasteiger partial charge in [-0.25, -0.2) is 0 Å². The molecule has 0 radical (unpaired) electrons. The second kappa shape index (κ2) is 8.08. The van der Waals surface area contributed by atoms with Crippen LogP contribution in [-0.4, -0.2) is 62.3 Å². The molecule has 0 aromatic carbocycles. The zero-order valence-corrected chi connectivity index (χ0v) is 10.4. The van der Waals surface area contributed by atoms with Gasteiger partial charge in [0.15, 0.2) is 0 Å². The molecule has 0 aromatic rings. The maximum atomic E-state index is 5.65. The molecule has 1 fully saturated rings. The summed E-state index contributed by atoms with van der Waals surface area (Å²) in [4.78, 5) is 4.90. The van der Waals surface area contributed by atoms with E-state index in [1.807, 2.05) is 0 Å². The molecule has 0 atom stereocenters. The molecule has 1 aliphatic heterocycles. The molecule has 0 N–H and O–H groups in total. The summed E-state index contributed by atoms with van der Waals surface area (Å²) in [5, 5.41) is 0. The van der Waals surface area contributed by atoms with E-state index in [2.05, 4.69) is 23.6 Å². The predicted octanol–water partition coefficient (Wildman–Crippen LogP) is 1.44. The highest BCUT2D eigenvalue weighted by Crippen LogP contribution is 2.05. The van der Waals surface area contributed by atoms with Crippen molar-refractivity contribution < 1.29 is 4.74 Å². The average Bonchev–Trinajstić information content (AvgIpc) is 2.76. The number of likely N-dealkylation sites (tertiary alicyclic amines) is 1. The van der Waals surface area contributed by atoms with Gasteiger partial charge < -0.3 is 14.5 Å². The summed E-state index contributed by atoms with van der Waals surface area (Å²) in [7, 11) is 0. The van der Waals surface area contributed by atoms with E-state index in [4.69, 9.17) is 4.74 Å². The quantitative estimate of drug-likeness (QED) is 0.569. The van der Waals surface area contributed by atoms with Crippen LogP contribution in [0.15, 0.2) is 0 Å². The number of rotatable bonds is 8. The Bertz CT molecular complexity index is 139. The highest BCUT2D eigenvalue weighted by Gasteiger charge is 2.10. The first kappa shape index (κ1) is 12.9. The van der Waals surface area contributed by atoms with E-state index in [-0.39, 0.29) is 0 Å². The minimum absolute atomic E-state index is 0.884. The Balaban J connectivity index is 1.87. The van der Waals surface area contributed by atoms with Gasteiger partial charge in [-0.2, -0.15) is 0 Å². The molecule has 1 saturated heterocycles. The average molecular weight is 214 g/mol. The van der Waals surface area contributed by atoms with Crippen LogP contribution in [0.25, 0.3) is 0 Å². The van der Waals surface area contributed by atoms with E-state index >= 15 is 0 Å². The standard InChI is InChI=1S/C12H26N2O/c1-3-13(4-2)9-11-15-12-10-14-7-5-6-8-14/h3-12H2,1-2H3. The molecule has 0 bridgehead atoms. The van der Waals surface area contributed by atoms with Gasteiger partial charge in [0.2, 0.25) is 0 Å². The topological polar surface area (TPSA) is 15.7 Å². The molecule has 0 saturated carbocycles. The Hall–Kier alpha value is -0.120. The summed E-state index contributed by atoms with van der Waals surface area (Å²) in [6.45, 7) is 13.2. The molecular weight excluding hydrogens is 188 g/mol. The third kappa shape index (κ3) is 5.50. The third-order valence-corrected chi connectivity index (χ3v) is 3.20. The fourth-order valence-corrected chi connectivity index (χ4v) is 2.04. The second-order valence-corrected chi connectivity index (χ2v) is 4.19. The zero-order valence-electron chi connectivity index (χ0n) is 10.4. The summed E-state index contributed by atoms with van der Waals surface area (Å²) < 4.78 is 5.65. The van der Waals surface area contributed by atoms with Crippen LogP contribution in [0, 0.1) is 0 Å². The Morgan fingerprint density at radius 1 is 1.07 bits per heavy atom. The highest BCUT2D eigenvalue weighted by atomic mass is 16.5. The number of nitrogens with zero attached hydrogens (tertiary/aromatic N) is 2. The van der Waals surface area contributed by atoms with E-state index < -0.39 is 0 Å². The van der Waals surface area contributed by atoms with Crippen molar-refractivity contribution in [3.63, 3.8) is 0 Å². The van der Waals surface area contributed by atoms with Crippen molar-refractivity contribution in [3.8, 4) is 0 Å². The first-order valence-electron chi connectivity index (χ1n) is 6.39. The predicted molar refractivity (Wildman–Crippen MR) is 64.3 cm³/mol. The van der Waals surface area contributed by atoms with Gasteiger partial charge in [-0.3, -0.25) is 0 Å². The van der Waals surface area contributed by atoms with Gasteiger partial charge in [-0.15, -0.1) is 0 Å². The second-order valence-electron chi connectivity index (χ2n) is 4.19. The Morgan fingerprint density at radius 3 is 2.33 bits per heavy atom. The number of hydrogen-bond acceptors (Lipinski definition) is 3. The van der Waals surface area contributed by atoms with Gasteiger partial charge in [0, 0.05) is 13.1 Å². The van der Waals surface area contributed by atoms with Gasteiger partial charge in [-0.05, 0) is 39.0 Å². The van der Waals surface area contributed by atoms with E-state index in [0.29, 0.717) is 0 Å². The maximum absolute atomic E-state index is 5.65. The molecule has 0 aromatic heterocycles. The lowest BCUT2D eigenvalue weighted by molar-refractivity contribution is 0.0905. The van der Waals surface area contributed by atoms with Crippen LogP contribution in [0.1, 0.15) is 26.7 Å². The molecule has 0 amide bonds. The normalized spacial score (nSPS) is 17.8. The Kier molecular flexibility index (Phi) is 6.98. The maximum Gasteiger partial charge on any atom is 0.0594 e. The minimum atomic E-state index is 0.884. The molecular formula is C12H26N2O. The van der Waals surface area contributed by atoms with E-state index in [9.17, 15) is 0 Å². The van der Waals surface area contributed by atoms with Crippen LogP contribution in [0.2, 0.25) is 0 Å². The van der Waals surface area contributed by atoms with E-state index in [1.54, 1.807) is 0 Å². The van der Waals surface area contributed by atoms with Gasteiger partial charge in [0.1, 0.15) is 0 Å². The highest BCUT2D eigenvalue weighted by molar-refractivity contribution is 4.65. The molecule has 1 aliphatic rings. The van der Waals surface area contributed by atoms with Crippen molar-refractivity contribution in [2.45, 2.75) is 26.7 Å². The molecule has 0 unspecified atom stereocenters. The van der Waals surface area contributed by atoms with Crippen molar-refractivity contribution in [1.29, 1.82) is 0 Å². The first-order valence-corrected chi connectivity index (χ1v) is 6.39. The van der Waals surface area contributed by atoms with Crippen LogP contribution in [-0.2, 0) is 4.74 Å². The lowest BCUT2D eigenvalue weighted by Crippen LogP contribution is -2.29. The van der Waals surface area contributed by atoms with Crippen LogP contribution in [0.4, 0.5) is 0 Å². The van der Waals surface area contributed by atoms with Crippen LogP contribution in [0.5, 0.6) is 0 Å². The number of hydrogen-bond donors (Lipinski definition) is 0. The van der Waals surface area contributed by atoms with Gasteiger partial charge in [-0.1, -0.05) is 13.8 Å². The van der Waals surface area contributed by atoms with Gasteiger partial charge in [0.25, 0.3) is 0 Å². The van der Waals surface area contributed by atoms with Crippen LogP contribution < -0.4 is 0 Å². The molecule has 1 rings (SSSR count). The summed E-state index contributed by atoms with van der Waals surface area (Å²) in [5.41, 5.74) is 0. The Labute approximate surface area is 94.4 Å². The fourth-order valence-electron chi connectivity index (χ4n) is 2.04. The van der Waals surface area contributed by atoms with Gasteiger partial charge >= 0.3 is 0 Å². The Morgan fingerprint density at radius 2 is 1.73 bits per heavy atom. The van der Waals surface area contributed by atoms with E-state index in [0.717, 1.165) is 39.4 Å². The zero-order chi connectivity index (χ0) is 10.9. The summed E-state index contributed by atoms with van der Waals surface area (Å²) in [6, 6.07) is 0. The van der Waals surface area contributed by atoms with Crippen LogP contribution >= 0.6 is 0 Å². The van der Waals surface area contributed by atoms with Crippen LogP contribution in [0.3, 0.4) is 0 Å². The minimum Gasteiger partial charge on any atom is -0.379 e. The largest absolute Gasteiger partial charge is 0.379 e. The summed E-state index contributed by atoms with van der Waals surface area (Å²) in [5.74, 6) is 0. The van der Waals surface area contributed by atoms with Crippen molar-refractivity contribution in [2.75, 3.05) is 52.5 Å². The molecule has 0 aliphatic carbocycles. The van der Waals surface area contributed by atoms with Crippen molar-refractivity contribution >= 4 is 0 Å². The lowest BCUT2D eigenvalue weighted by Gasteiger charge is -2.18. The number of likely N-dealkylation sites (N-methyl/N-ethyl adjacent to an activating group) is 1. The molecule has 15 heavy (non-hydrogen) atoms. The smallest absolute Gasteiger partial charge is 0.0594 e. The lowest BCUT2D eigenvalue weighted by atomic mass is 10.4. The summed E-state index contributed by atoms with van der Waals surface area (Å²) >= 11 is 0. The molecule has 1 heterocycles. The number of ether oxygens (including phenoxy) is 1. The monoisotopic (exact) mass is 214 g/mol. The third-order valence-electron chi connectivity index (χ3n) is 3.20. The van der Waals surface area contributed by atoms with Crippen molar-refractivity contribution in [1.82, 2.24) is 9.80 Å².